The highest BCUT2D eigenvalue weighted by Gasteiger charge is 2.16. The number of hydrogen-bond donors (Lipinski definition) is 0. The summed E-state index contributed by atoms with van der Waals surface area (Å²) in [5, 5.41) is 0.340. The predicted octanol–water partition coefficient (Wildman–Crippen LogP) is 4.82. The summed E-state index contributed by atoms with van der Waals surface area (Å²) in [6.07, 6.45) is 1.21. The average molecular weight is 342 g/mol. The van der Waals surface area contributed by atoms with Crippen LogP contribution in [0, 0.1) is 0 Å². The molecule has 0 spiro atoms. The third-order valence-corrected chi connectivity index (χ3v) is 4.01. The summed E-state index contributed by atoms with van der Waals surface area (Å²) in [7, 11) is 0. The zero-order valence-electron chi connectivity index (χ0n) is 13.7. The number of ketones is 1. The van der Waals surface area contributed by atoms with E-state index in [-0.39, 0.29) is 16.8 Å². The molecule has 3 aromatic carbocycles. The first-order chi connectivity index (χ1) is 12.7. The molecule has 4 heteroatoms. The Hall–Kier alpha value is -3.66. The van der Waals surface area contributed by atoms with Gasteiger partial charge in [0.25, 0.3) is 0 Å². The molecule has 0 amide bonds. The zero-order chi connectivity index (χ0) is 17.9. The molecule has 26 heavy (non-hydrogen) atoms. The van der Waals surface area contributed by atoms with Gasteiger partial charge in [-0.2, -0.15) is 0 Å². The third kappa shape index (κ3) is 3.00. The Kier molecular flexibility index (Phi) is 4.07. The maximum atomic E-state index is 12.7. The number of para-hydroxylation sites is 1. The molecule has 1 aromatic heterocycles. The van der Waals surface area contributed by atoms with E-state index in [1.54, 1.807) is 42.5 Å². The van der Waals surface area contributed by atoms with Crippen LogP contribution in [0.1, 0.15) is 15.9 Å². The van der Waals surface area contributed by atoms with Crippen LogP contribution in [-0.2, 0) is 0 Å². The van der Waals surface area contributed by atoms with E-state index in [0.29, 0.717) is 28.0 Å². The van der Waals surface area contributed by atoms with Crippen molar-refractivity contribution in [3.05, 3.63) is 106 Å². The molecule has 0 aliphatic heterocycles. The van der Waals surface area contributed by atoms with Crippen molar-refractivity contribution in [3.63, 3.8) is 0 Å². The second kappa shape index (κ2) is 6.69. The minimum absolute atomic E-state index is 0.0143. The van der Waals surface area contributed by atoms with Crippen molar-refractivity contribution >= 4 is 16.8 Å². The Labute approximate surface area is 149 Å². The first-order valence-electron chi connectivity index (χ1n) is 8.10. The van der Waals surface area contributed by atoms with E-state index in [4.69, 9.17) is 9.15 Å². The summed E-state index contributed by atoms with van der Waals surface area (Å²) < 4.78 is 11.3. The van der Waals surface area contributed by atoms with Crippen LogP contribution in [-0.4, -0.2) is 5.78 Å². The molecule has 0 saturated carbocycles. The van der Waals surface area contributed by atoms with E-state index in [9.17, 15) is 9.59 Å². The third-order valence-electron chi connectivity index (χ3n) is 4.01. The van der Waals surface area contributed by atoms with Crippen molar-refractivity contribution in [1.82, 2.24) is 0 Å². The molecule has 126 valence electrons. The van der Waals surface area contributed by atoms with Crippen molar-refractivity contribution in [3.8, 4) is 11.5 Å². The molecule has 0 atom stereocenters. The summed E-state index contributed by atoms with van der Waals surface area (Å²) in [4.78, 5) is 25.2. The van der Waals surface area contributed by atoms with E-state index in [0.717, 1.165) is 0 Å². The predicted molar refractivity (Wildman–Crippen MR) is 98.9 cm³/mol. The van der Waals surface area contributed by atoms with Crippen LogP contribution >= 0.6 is 0 Å². The number of benzene rings is 3. The Balaban J connectivity index is 1.72. The smallest absolute Gasteiger partial charge is 0.203 e. The van der Waals surface area contributed by atoms with Gasteiger partial charge in [0.05, 0.1) is 5.39 Å². The van der Waals surface area contributed by atoms with Crippen molar-refractivity contribution in [2.75, 3.05) is 0 Å². The van der Waals surface area contributed by atoms with E-state index in [1.165, 1.54) is 6.26 Å². The number of ether oxygens (including phenoxy) is 1. The van der Waals surface area contributed by atoms with Crippen molar-refractivity contribution < 1.29 is 13.9 Å². The second-order valence-electron chi connectivity index (χ2n) is 5.75. The quantitative estimate of drug-likeness (QED) is 0.499. The average Bonchev–Trinajstić information content (AvgIpc) is 2.69. The van der Waals surface area contributed by atoms with Gasteiger partial charge < -0.3 is 9.15 Å². The van der Waals surface area contributed by atoms with Crippen LogP contribution in [0.2, 0.25) is 0 Å². The minimum atomic E-state index is -0.356. The van der Waals surface area contributed by atoms with Gasteiger partial charge in [-0.25, -0.2) is 0 Å². The normalized spacial score (nSPS) is 10.6. The van der Waals surface area contributed by atoms with Crippen molar-refractivity contribution in [2.24, 2.45) is 0 Å². The monoisotopic (exact) mass is 342 g/mol. The first kappa shape index (κ1) is 15.8. The van der Waals surface area contributed by atoms with Crippen LogP contribution in [0.25, 0.3) is 11.0 Å². The van der Waals surface area contributed by atoms with Crippen LogP contribution in [0.4, 0.5) is 0 Å². The standard InChI is InChI=1S/C22H14O4/c23-21(15-7-3-1-4-8-15)19-14-25-20-13-17(11-12-18(20)22(19)24)26-16-9-5-2-6-10-16/h1-14H. The molecule has 0 fully saturated rings. The number of rotatable bonds is 4. The fraction of sp³-hybridized carbons (Fsp3) is 0. The van der Waals surface area contributed by atoms with Gasteiger partial charge in [0.2, 0.25) is 5.43 Å². The van der Waals surface area contributed by atoms with Gasteiger partial charge in [0, 0.05) is 11.6 Å². The molecule has 0 unspecified atom stereocenters. The molecule has 0 aliphatic carbocycles. The highest BCUT2D eigenvalue weighted by molar-refractivity contribution is 6.09. The Bertz CT molecular complexity index is 1130. The lowest BCUT2D eigenvalue weighted by Crippen LogP contribution is -2.15. The molecule has 0 saturated heterocycles. The molecular formula is C22H14O4. The molecule has 4 aromatic rings. The van der Waals surface area contributed by atoms with Crippen LogP contribution in [0.5, 0.6) is 11.5 Å². The van der Waals surface area contributed by atoms with Crippen molar-refractivity contribution in [2.45, 2.75) is 0 Å². The number of fused-ring (bicyclic) bond motifs is 1. The van der Waals surface area contributed by atoms with E-state index < -0.39 is 0 Å². The largest absolute Gasteiger partial charge is 0.463 e. The first-order valence-corrected chi connectivity index (χ1v) is 8.10. The molecule has 1 heterocycles. The summed E-state index contributed by atoms with van der Waals surface area (Å²) in [6, 6.07) is 22.9. The topological polar surface area (TPSA) is 56.5 Å². The van der Waals surface area contributed by atoms with E-state index in [2.05, 4.69) is 0 Å². The van der Waals surface area contributed by atoms with Gasteiger partial charge in [-0.05, 0) is 24.3 Å². The second-order valence-corrected chi connectivity index (χ2v) is 5.75. The number of carbonyl (C=O) groups excluding carboxylic acids is 1. The van der Waals surface area contributed by atoms with Crippen molar-refractivity contribution in [1.29, 1.82) is 0 Å². The van der Waals surface area contributed by atoms with Gasteiger partial charge in [-0.1, -0.05) is 48.5 Å². The van der Waals surface area contributed by atoms with Crippen LogP contribution < -0.4 is 10.2 Å². The maximum Gasteiger partial charge on any atom is 0.203 e. The summed E-state index contributed by atoms with van der Waals surface area (Å²) in [5.74, 6) is 0.880. The SMILES string of the molecule is O=C(c1ccccc1)c1coc2cc(Oc3ccccc3)ccc2c1=O. The fourth-order valence-corrected chi connectivity index (χ4v) is 2.70. The molecule has 0 radical (unpaired) electrons. The Morgan fingerprint density at radius 3 is 2.23 bits per heavy atom. The molecule has 0 N–H and O–H groups in total. The number of carbonyl (C=O) groups is 1. The summed E-state index contributed by atoms with van der Waals surface area (Å²) in [6.45, 7) is 0. The molecule has 4 rings (SSSR count). The lowest BCUT2D eigenvalue weighted by molar-refractivity contribution is 0.103. The highest BCUT2D eigenvalue weighted by atomic mass is 16.5. The lowest BCUT2D eigenvalue weighted by atomic mass is 10.0. The Morgan fingerprint density at radius 2 is 1.50 bits per heavy atom. The fourth-order valence-electron chi connectivity index (χ4n) is 2.70. The molecule has 4 nitrogen and oxygen atoms in total. The highest BCUT2D eigenvalue weighted by Crippen LogP contribution is 2.25. The van der Waals surface area contributed by atoms with Gasteiger partial charge in [0.15, 0.2) is 5.78 Å². The van der Waals surface area contributed by atoms with Gasteiger partial charge >= 0.3 is 0 Å². The summed E-state index contributed by atoms with van der Waals surface area (Å²) >= 11 is 0. The lowest BCUT2D eigenvalue weighted by Gasteiger charge is -2.07. The van der Waals surface area contributed by atoms with Gasteiger partial charge in [0.1, 0.15) is 28.9 Å². The Morgan fingerprint density at radius 1 is 0.808 bits per heavy atom. The van der Waals surface area contributed by atoms with Gasteiger partial charge in [-0.15, -0.1) is 0 Å². The minimum Gasteiger partial charge on any atom is -0.463 e. The van der Waals surface area contributed by atoms with Crippen LogP contribution in [0.3, 0.4) is 0 Å². The number of hydrogen-bond acceptors (Lipinski definition) is 4. The molecule has 0 bridgehead atoms. The van der Waals surface area contributed by atoms with E-state index in [1.807, 2.05) is 36.4 Å². The zero-order valence-corrected chi connectivity index (χ0v) is 13.7. The van der Waals surface area contributed by atoms with Gasteiger partial charge in [-0.3, -0.25) is 9.59 Å². The maximum absolute atomic E-state index is 12.7. The molecule has 0 aliphatic rings. The summed E-state index contributed by atoms with van der Waals surface area (Å²) in [5.41, 5.74) is 0.475. The van der Waals surface area contributed by atoms with E-state index >= 15 is 0 Å². The van der Waals surface area contributed by atoms with Crippen LogP contribution in [0.15, 0.2) is 94.3 Å². The molecular weight excluding hydrogens is 328 g/mol.